The van der Waals surface area contributed by atoms with Crippen molar-refractivity contribution in [1.29, 1.82) is 0 Å². The maximum absolute atomic E-state index is 11.1. The van der Waals surface area contributed by atoms with E-state index in [1.807, 2.05) is 24.3 Å². The van der Waals surface area contributed by atoms with E-state index in [1.54, 1.807) is 7.05 Å². The van der Waals surface area contributed by atoms with Crippen molar-refractivity contribution in [2.75, 3.05) is 25.5 Å². The van der Waals surface area contributed by atoms with Crippen LogP contribution in [-0.2, 0) is 11.3 Å². The number of halogens is 1. The fraction of sp³-hybridized carbons (Fsp3) is 0.579. The number of benzene rings is 1. The molecule has 148 valence electrons. The maximum atomic E-state index is 11.1. The van der Waals surface area contributed by atoms with E-state index in [4.69, 9.17) is 0 Å². The molecule has 0 heterocycles. The van der Waals surface area contributed by atoms with Crippen LogP contribution >= 0.6 is 24.0 Å². The van der Waals surface area contributed by atoms with Crippen molar-refractivity contribution in [2.45, 2.75) is 53.2 Å². The predicted octanol–water partition coefficient (Wildman–Crippen LogP) is 3.05. The fourth-order valence-electron chi connectivity index (χ4n) is 2.78. The molecule has 1 aromatic carbocycles. The highest BCUT2D eigenvalue weighted by Crippen LogP contribution is 2.10. The Balaban J connectivity index is 0.00000625. The number of nitrogens with zero attached hydrogens (tertiary/aromatic N) is 2. The molecule has 0 atom stereocenters. The van der Waals surface area contributed by atoms with Gasteiger partial charge in [-0.05, 0) is 45.4 Å². The lowest BCUT2D eigenvalue weighted by molar-refractivity contribution is -0.114. The Kier molecular flexibility index (Phi) is 12.2. The second-order valence-electron chi connectivity index (χ2n) is 6.66. The second-order valence-corrected chi connectivity index (χ2v) is 6.66. The third kappa shape index (κ3) is 9.38. The number of aliphatic imine (C=N–C) groups is 1. The van der Waals surface area contributed by atoms with Crippen LogP contribution in [0.1, 0.15) is 40.2 Å². The van der Waals surface area contributed by atoms with Gasteiger partial charge in [-0.25, -0.2) is 0 Å². The topological polar surface area (TPSA) is 68.8 Å². The van der Waals surface area contributed by atoms with Gasteiger partial charge in [-0.2, -0.15) is 0 Å². The number of guanidine groups is 1. The Bertz CT molecular complexity index is 567. The predicted molar refractivity (Wildman–Crippen MR) is 121 cm³/mol. The van der Waals surface area contributed by atoms with Crippen LogP contribution in [0.5, 0.6) is 0 Å². The van der Waals surface area contributed by atoms with Gasteiger partial charge in [0.25, 0.3) is 0 Å². The van der Waals surface area contributed by atoms with Crippen LogP contribution in [0.25, 0.3) is 0 Å². The van der Waals surface area contributed by atoms with Crippen molar-refractivity contribution < 1.29 is 4.79 Å². The average Bonchev–Trinajstić information content (AvgIpc) is 2.53. The van der Waals surface area contributed by atoms with E-state index in [0.717, 1.165) is 30.3 Å². The minimum Gasteiger partial charge on any atom is -0.355 e. The smallest absolute Gasteiger partial charge is 0.221 e. The highest BCUT2D eigenvalue weighted by atomic mass is 127. The fourth-order valence-corrected chi connectivity index (χ4v) is 2.78. The molecular weight excluding hydrogens is 441 g/mol. The Morgan fingerprint density at radius 2 is 1.81 bits per heavy atom. The van der Waals surface area contributed by atoms with Crippen LogP contribution in [-0.4, -0.2) is 49.0 Å². The SMILES string of the molecule is CN=C(NCCN(C(C)C)C(C)C)NCc1cccc(NC(C)=O)c1.I. The summed E-state index contributed by atoms with van der Waals surface area (Å²) in [5, 5.41) is 9.46. The monoisotopic (exact) mass is 475 g/mol. The van der Waals surface area contributed by atoms with Gasteiger partial charge >= 0.3 is 0 Å². The molecule has 0 unspecified atom stereocenters. The van der Waals surface area contributed by atoms with Gasteiger partial charge in [-0.15, -0.1) is 24.0 Å². The zero-order chi connectivity index (χ0) is 18.8. The molecule has 1 rings (SSSR count). The van der Waals surface area contributed by atoms with Gasteiger partial charge in [0.2, 0.25) is 5.91 Å². The lowest BCUT2D eigenvalue weighted by Gasteiger charge is -2.30. The van der Waals surface area contributed by atoms with Gasteiger partial charge in [-0.3, -0.25) is 14.7 Å². The number of amides is 1. The summed E-state index contributed by atoms with van der Waals surface area (Å²) in [6.07, 6.45) is 0. The molecular formula is C19H34IN5O. The first-order valence-electron chi connectivity index (χ1n) is 8.90. The van der Waals surface area contributed by atoms with Crippen molar-refractivity contribution in [3.63, 3.8) is 0 Å². The number of nitrogens with one attached hydrogen (secondary N) is 3. The molecule has 0 spiro atoms. The summed E-state index contributed by atoms with van der Waals surface area (Å²) in [6.45, 7) is 12.8. The highest BCUT2D eigenvalue weighted by molar-refractivity contribution is 14.0. The second kappa shape index (κ2) is 12.9. The molecule has 7 heteroatoms. The molecule has 0 aliphatic carbocycles. The normalized spacial score (nSPS) is 11.5. The molecule has 3 N–H and O–H groups in total. The largest absolute Gasteiger partial charge is 0.355 e. The number of carbonyl (C=O) groups is 1. The summed E-state index contributed by atoms with van der Waals surface area (Å²) in [7, 11) is 1.77. The standard InChI is InChI=1S/C19H33N5O.HI/c1-14(2)24(15(3)4)11-10-21-19(20-6)22-13-17-8-7-9-18(12-17)23-16(5)25;/h7-9,12,14-15H,10-11,13H2,1-6H3,(H,23,25)(H2,20,21,22);1H. The lowest BCUT2D eigenvalue weighted by atomic mass is 10.2. The van der Waals surface area contributed by atoms with E-state index >= 15 is 0 Å². The molecule has 0 aromatic heterocycles. The van der Waals surface area contributed by atoms with Crippen LogP contribution in [0.15, 0.2) is 29.3 Å². The first kappa shape index (κ1) is 24.7. The van der Waals surface area contributed by atoms with Gasteiger partial charge in [0.1, 0.15) is 0 Å². The number of hydrogen-bond acceptors (Lipinski definition) is 3. The number of carbonyl (C=O) groups excluding carboxylic acids is 1. The zero-order valence-corrected chi connectivity index (χ0v) is 19.1. The van der Waals surface area contributed by atoms with Crippen LogP contribution in [0.4, 0.5) is 5.69 Å². The van der Waals surface area contributed by atoms with E-state index in [2.05, 4.69) is 53.5 Å². The quantitative estimate of drug-likeness (QED) is 0.307. The molecule has 0 aliphatic heterocycles. The lowest BCUT2D eigenvalue weighted by Crippen LogP contribution is -2.45. The zero-order valence-electron chi connectivity index (χ0n) is 16.8. The van der Waals surface area contributed by atoms with Crippen molar-refractivity contribution >= 4 is 41.5 Å². The molecule has 0 fully saturated rings. The molecule has 1 aromatic rings. The summed E-state index contributed by atoms with van der Waals surface area (Å²) in [5.41, 5.74) is 1.89. The van der Waals surface area contributed by atoms with Gasteiger partial charge < -0.3 is 16.0 Å². The molecule has 1 amide bonds. The van der Waals surface area contributed by atoms with Crippen molar-refractivity contribution in [1.82, 2.24) is 15.5 Å². The Hall–Kier alpha value is -1.35. The van der Waals surface area contributed by atoms with Gasteiger partial charge in [-0.1, -0.05) is 12.1 Å². The Morgan fingerprint density at radius 1 is 1.15 bits per heavy atom. The minimum absolute atomic E-state index is 0. The van der Waals surface area contributed by atoms with Crippen molar-refractivity contribution in [3.8, 4) is 0 Å². The van der Waals surface area contributed by atoms with Crippen LogP contribution in [0.3, 0.4) is 0 Å². The molecule has 26 heavy (non-hydrogen) atoms. The molecule has 0 saturated carbocycles. The van der Waals surface area contributed by atoms with E-state index in [9.17, 15) is 4.79 Å². The first-order valence-corrected chi connectivity index (χ1v) is 8.90. The van der Waals surface area contributed by atoms with Gasteiger partial charge in [0.05, 0.1) is 0 Å². The van der Waals surface area contributed by atoms with Gasteiger partial charge in [0, 0.05) is 51.4 Å². The van der Waals surface area contributed by atoms with E-state index in [1.165, 1.54) is 6.92 Å². The first-order chi connectivity index (χ1) is 11.8. The van der Waals surface area contributed by atoms with Crippen LogP contribution in [0.2, 0.25) is 0 Å². The summed E-state index contributed by atoms with van der Waals surface area (Å²) in [5.74, 6) is 0.708. The minimum atomic E-state index is -0.0672. The molecule has 0 aliphatic rings. The molecule has 0 saturated heterocycles. The Morgan fingerprint density at radius 3 is 2.35 bits per heavy atom. The maximum Gasteiger partial charge on any atom is 0.221 e. The summed E-state index contributed by atoms with van der Waals surface area (Å²) < 4.78 is 0. The van der Waals surface area contributed by atoms with Gasteiger partial charge in [0.15, 0.2) is 5.96 Å². The van der Waals surface area contributed by atoms with Crippen LogP contribution in [0, 0.1) is 0 Å². The van der Waals surface area contributed by atoms with E-state index in [0.29, 0.717) is 18.6 Å². The van der Waals surface area contributed by atoms with Crippen molar-refractivity contribution in [2.24, 2.45) is 4.99 Å². The number of rotatable bonds is 8. The molecule has 0 bridgehead atoms. The Labute approximate surface area is 175 Å². The number of anilines is 1. The van der Waals surface area contributed by atoms with Crippen LogP contribution < -0.4 is 16.0 Å². The molecule has 6 nitrogen and oxygen atoms in total. The number of hydrogen-bond donors (Lipinski definition) is 3. The molecule has 0 radical (unpaired) electrons. The van der Waals surface area contributed by atoms with E-state index < -0.39 is 0 Å². The summed E-state index contributed by atoms with van der Waals surface area (Å²) in [6, 6.07) is 8.83. The third-order valence-corrected chi connectivity index (χ3v) is 3.92. The van der Waals surface area contributed by atoms with E-state index in [-0.39, 0.29) is 29.9 Å². The summed E-state index contributed by atoms with van der Waals surface area (Å²) in [4.78, 5) is 17.9. The average molecular weight is 475 g/mol. The van der Waals surface area contributed by atoms with Crippen molar-refractivity contribution in [3.05, 3.63) is 29.8 Å². The summed E-state index contributed by atoms with van der Waals surface area (Å²) >= 11 is 0. The highest BCUT2D eigenvalue weighted by Gasteiger charge is 2.12. The third-order valence-electron chi connectivity index (χ3n) is 3.92.